The van der Waals surface area contributed by atoms with E-state index < -0.39 is 28.5 Å². The van der Waals surface area contributed by atoms with Crippen LogP contribution in [-0.2, 0) is 14.3 Å². The fourth-order valence-electron chi connectivity index (χ4n) is 2.67. The lowest BCUT2D eigenvalue weighted by molar-refractivity contribution is -0.383. The van der Waals surface area contributed by atoms with Gasteiger partial charge in [-0.05, 0) is 19.4 Å². The molecule has 3 rings (SSSR count). The normalized spacial score (nSPS) is 18.0. The Morgan fingerprint density at radius 2 is 2.09 bits per heavy atom. The first kappa shape index (κ1) is 14.8. The van der Waals surface area contributed by atoms with Gasteiger partial charge in [-0.15, -0.1) is 0 Å². The van der Waals surface area contributed by atoms with E-state index in [1.54, 1.807) is 0 Å². The Balaban J connectivity index is 2.24. The summed E-state index contributed by atoms with van der Waals surface area (Å²) in [6, 6.07) is 3.08. The van der Waals surface area contributed by atoms with Crippen molar-refractivity contribution >= 4 is 28.5 Å². The molecule has 1 aliphatic rings. The number of benzene rings is 1. The van der Waals surface area contributed by atoms with Crippen molar-refractivity contribution in [1.29, 1.82) is 0 Å². The van der Waals surface area contributed by atoms with Crippen LogP contribution in [0.3, 0.4) is 0 Å². The molecule has 1 atom stereocenters. The van der Waals surface area contributed by atoms with Gasteiger partial charge in [-0.3, -0.25) is 24.3 Å². The average Bonchev–Trinajstić information content (AvgIpc) is 2.48. The molecule has 9 heteroatoms. The molecule has 1 saturated heterocycles. The number of rotatable bonds is 2. The highest BCUT2D eigenvalue weighted by Gasteiger charge is 2.33. The number of carbonyl (C=O) groups excluding carboxylic acids is 2. The van der Waals surface area contributed by atoms with Crippen molar-refractivity contribution in [3.8, 4) is 0 Å². The van der Waals surface area contributed by atoms with Crippen LogP contribution < -0.4 is 5.56 Å². The molecule has 1 aromatic carbocycles. The third kappa shape index (κ3) is 2.35. The predicted molar refractivity (Wildman–Crippen MR) is 76.8 cm³/mol. The molecule has 1 aromatic heterocycles. The summed E-state index contributed by atoms with van der Waals surface area (Å²) in [6.07, 6.45) is 0.135. The Kier molecular flexibility index (Phi) is 3.40. The summed E-state index contributed by atoms with van der Waals surface area (Å²) in [5.41, 5.74) is -0.889. The summed E-state index contributed by atoms with van der Waals surface area (Å²) < 4.78 is 5.69. The molecule has 1 fully saturated rings. The van der Waals surface area contributed by atoms with Crippen LogP contribution in [0.1, 0.15) is 24.7 Å². The minimum atomic E-state index is -0.962. The second-order valence-corrected chi connectivity index (χ2v) is 5.11. The molecule has 0 spiro atoms. The first-order valence-electron chi connectivity index (χ1n) is 6.81. The average molecular weight is 317 g/mol. The lowest BCUT2D eigenvalue weighted by atomic mass is 10.1. The van der Waals surface area contributed by atoms with Crippen LogP contribution in [0.25, 0.3) is 10.9 Å². The number of ether oxygens (including phenoxy) is 1. The molecule has 0 amide bonds. The monoisotopic (exact) mass is 317 g/mol. The van der Waals surface area contributed by atoms with Crippen molar-refractivity contribution in [2.75, 3.05) is 0 Å². The van der Waals surface area contributed by atoms with Crippen molar-refractivity contribution < 1.29 is 19.2 Å². The topological polar surface area (TPSA) is 121 Å². The number of para-hydroxylation sites is 1. The van der Waals surface area contributed by atoms with E-state index in [0.717, 1.165) is 4.57 Å². The van der Waals surface area contributed by atoms with E-state index >= 15 is 0 Å². The molecule has 0 saturated carbocycles. The summed E-state index contributed by atoms with van der Waals surface area (Å²) in [7, 11) is 0. The van der Waals surface area contributed by atoms with Crippen molar-refractivity contribution in [3.05, 3.63) is 44.5 Å². The van der Waals surface area contributed by atoms with Crippen LogP contribution >= 0.6 is 0 Å². The largest absolute Gasteiger partial charge is 0.392 e. The highest BCUT2D eigenvalue weighted by atomic mass is 16.6. The van der Waals surface area contributed by atoms with E-state index in [1.807, 2.05) is 0 Å². The summed E-state index contributed by atoms with van der Waals surface area (Å²) in [5, 5.41) is 11.1. The maximum absolute atomic E-state index is 12.7. The lowest BCUT2D eigenvalue weighted by Gasteiger charge is -2.23. The highest BCUT2D eigenvalue weighted by Crippen LogP contribution is 2.25. The number of aryl methyl sites for hydroxylation is 1. The van der Waals surface area contributed by atoms with Crippen LogP contribution in [0, 0.1) is 17.0 Å². The van der Waals surface area contributed by atoms with Crippen LogP contribution in [0.5, 0.6) is 0 Å². The third-order valence-electron chi connectivity index (χ3n) is 3.70. The minimum Gasteiger partial charge on any atom is -0.392 e. The molecule has 23 heavy (non-hydrogen) atoms. The minimum absolute atomic E-state index is 0.00919. The molecule has 0 N–H and O–H groups in total. The van der Waals surface area contributed by atoms with E-state index in [2.05, 4.69) is 9.72 Å². The molecule has 1 aliphatic heterocycles. The molecule has 0 bridgehead atoms. The molecule has 2 aromatic rings. The molecule has 1 unspecified atom stereocenters. The van der Waals surface area contributed by atoms with Crippen LogP contribution in [0.4, 0.5) is 5.69 Å². The molecule has 118 valence electrons. The van der Waals surface area contributed by atoms with Gasteiger partial charge in [-0.2, -0.15) is 0 Å². The van der Waals surface area contributed by atoms with Crippen LogP contribution in [0.2, 0.25) is 0 Å². The van der Waals surface area contributed by atoms with Gasteiger partial charge in [0, 0.05) is 12.5 Å². The Labute approximate surface area is 128 Å². The fraction of sp³-hybridized carbons (Fsp3) is 0.286. The summed E-state index contributed by atoms with van der Waals surface area (Å²) in [5.74, 6) is -1.31. The second kappa shape index (κ2) is 5.27. The number of nitro benzene ring substituents is 1. The summed E-state index contributed by atoms with van der Waals surface area (Å²) >= 11 is 0. The molecular weight excluding hydrogens is 306 g/mol. The number of esters is 2. The van der Waals surface area contributed by atoms with E-state index in [4.69, 9.17) is 0 Å². The van der Waals surface area contributed by atoms with Crippen LogP contribution in [-0.4, -0.2) is 26.4 Å². The zero-order valence-electron chi connectivity index (χ0n) is 12.0. The van der Waals surface area contributed by atoms with Crippen molar-refractivity contribution in [1.82, 2.24) is 9.55 Å². The first-order valence-corrected chi connectivity index (χ1v) is 6.81. The first-order chi connectivity index (χ1) is 10.9. The Hall–Kier alpha value is -3.10. The summed E-state index contributed by atoms with van der Waals surface area (Å²) in [4.78, 5) is 50.2. The summed E-state index contributed by atoms with van der Waals surface area (Å²) in [6.45, 7) is 1.47. The molecular formula is C14H11N3O6. The number of aromatic nitrogens is 2. The maximum atomic E-state index is 12.7. The third-order valence-corrected chi connectivity index (χ3v) is 3.70. The Bertz CT molecular complexity index is 917. The van der Waals surface area contributed by atoms with Crippen LogP contribution in [0.15, 0.2) is 23.0 Å². The number of hydrogen-bond donors (Lipinski definition) is 0. The number of carbonyl (C=O) groups is 2. The van der Waals surface area contributed by atoms with Gasteiger partial charge in [0.2, 0.25) is 0 Å². The maximum Gasteiger partial charge on any atom is 0.336 e. The standard InChI is InChI=1S/C14H11N3O6/c1-7-15-12-8(3-2-4-9(12)17(21)22)13(19)16(7)10-5-6-11(18)23-14(10)20/h2-4,10H,5-6H2,1H3. The van der Waals surface area contributed by atoms with E-state index in [0.29, 0.717) is 0 Å². The molecule has 2 heterocycles. The number of nitrogens with zero attached hydrogens (tertiary/aromatic N) is 3. The van der Waals surface area contributed by atoms with E-state index in [9.17, 15) is 24.5 Å². The van der Waals surface area contributed by atoms with E-state index in [-0.39, 0.29) is 35.3 Å². The van der Waals surface area contributed by atoms with Gasteiger partial charge in [0.05, 0.1) is 10.3 Å². The van der Waals surface area contributed by atoms with Gasteiger partial charge in [-0.1, -0.05) is 6.07 Å². The molecule has 0 aliphatic carbocycles. The number of hydrogen-bond acceptors (Lipinski definition) is 7. The zero-order valence-corrected chi connectivity index (χ0v) is 12.0. The highest BCUT2D eigenvalue weighted by molar-refractivity contribution is 5.91. The number of fused-ring (bicyclic) bond motifs is 1. The Morgan fingerprint density at radius 1 is 1.35 bits per heavy atom. The second-order valence-electron chi connectivity index (χ2n) is 5.11. The van der Waals surface area contributed by atoms with Gasteiger partial charge in [0.1, 0.15) is 11.9 Å². The quantitative estimate of drug-likeness (QED) is 0.351. The number of cyclic esters (lactones) is 2. The number of non-ortho nitro benzene ring substituents is 1. The number of nitro groups is 1. The lowest BCUT2D eigenvalue weighted by Crippen LogP contribution is -2.37. The molecule has 9 nitrogen and oxygen atoms in total. The van der Waals surface area contributed by atoms with Crippen molar-refractivity contribution in [3.63, 3.8) is 0 Å². The Morgan fingerprint density at radius 3 is 2.74 bits per heavy atom. The van der Waals surface area contributed by atoms with Crippen molar-refractivity contribution in [2.24, 2.45) is 0 Å². The zero-order chi connectivity index (χ0) is 16.7. The van der Waals surface area contributed by atoms with E-state index in [1.165, 1.54) is 25.1 Å². The van der Waals surface area contributed by atoms with Gasteiger partial charge in [0.25, 0.3) is 11.2 Å². The van der Waals surface area contributed by atoms with Gasteiger partial charge >= 0.3 is 11.9 Å². The smallest absolute Gasteiger partial charge is 0.336 e. The SMILES string of the molecule is Cc1nc2c([N+](=O)[O-])cccc2c(=O)n1C1CCC(=O)OC1=O. The van der Waals surface area contributed by atoms with Gasteiger partial charge in [-0.25, -0.2) is 9.78 Å². The predicted octanol–water partition coefficient (Wildman–Crippen LogP) is 1.02. The van der Waals surface area contributed by atoms with Gasteiger partial charge < -0.3 is 4.74 Å². The van der Waals surface area contributed by atoms with Crippen molar-refractivity contribution in [2.45, 2.75) is 25.8 Å². The fourth-order valence-corrected chi connectivity index (χ4v) is 2.67. The van der Waals surface area contributed by atoms with Gasteiger partial charge in [0.15, 0.2) is 5.52 Å². The molecule has 0 radical (unpaired) electrons.